The largest absolute Gasteiger partial charge is 0.392 e. The predicted molar refractivity (Wildman–Crippen MR) is 72.7 cm³/mol. The highest BCUT2D eigenvalue weighted by Crippen LogP contribution is 2.40. The molecule has 0 bridgehead atoms. The minimum Gasteiger partial charge on any atom is -0.392 e. The molecule has 1 saturated carbocycles. The predicted octanol–water partition coefficient (Wildman–Crippen LogP) is 2.24. The van der Waals surface area contributed by atoms with Crippen molar-refractivity contribution in [1.82, 2.24) is 5.32 Å². The van der Waals surface area contributed by atoms with Gasteiger partial charge in [0.05, 0.1) is 14.6 Å². The Kier molecular flexibility index (Phi) is 3.29. The maximum Gasteiger partial charge on any atom is 0.252 e. The second-order valence-electron chi connectivity index (χ2n) is 4.74. The summed E-state index contributed by atoms with van der Waals surface area (Å²) in [5.74, 6) is -0.0378. The number of aliphatic hydroxyl groups excluding tert-OH is 1. The lowest BCUT2D eigenvalue weighted by Gasteiger charge is -2.49. The molecule has 2 N–H and O–H groups in total. The van der Waals surface area contributed by atoms with Gasteiger partial charge in [-0.2, -0.15) is 0 Å². The molecule has 1 fully saturated rings. The van der Waals surface area contributed by atoms with E-state index >= 15 is 0 Å². The van der Waals surface area contributed by atoms with E-state index in [1.54, 1.807) is 11.3 Å². The summed E-state index contributed by atoms with van der Waals surface area (Å²) in [4.78, 5) is 11.9. The summed E-state index contributed by atoms with van der Waals surface area (Å²) in [6.45, 7) is 3.95. The highest BCUT2D eigenvalue weighted by molar-refractivity contribution is 14.1. The number of carbonyl (C=O) groups is 1. The number of hydrogen-bond acceptors (Lipinski definition) is 3. The molecule has 16 heavy (non-hydrogen) atoms. The maximum absolute atomic E-state index is 11.9. The third kappa shape index (κ3) is 2.12. The molecule has 2 unspecified atom stereocenters. The fraction of sp³-hybridized carbons (Fsp3) is 0.545. The van der Waals surface area contributed by atoms with Gasteiger partial charge in [-0.3, -0.25) is 4.79 Å². The molecule has 0 saturated heterocycles. The quantitative estimate of drug-likeness (QED) is 0.803. The first-order valence-corrected chi connectivity index (χ1v) is 7.10. The zero-order chi connectivity index (χ0) is 11.9. The van der Waals surface area contributed by atoms with Crippen LogP contribution in [0.3, 0.4) is 0 Å². The second kappa shape index (κ2) is 4.27. The summed E-state index contributed by atoms with van der Waals surface area (Å²) in [6.07, 6.45) is 0.348. The van der Waals surface area contributed by atoms with Crippen molar-refractivity contribution in [1.29, 1.82) is 0 Å². The summed E-state index contributed by atoms with van der Waals surface area (Å²) in [5.41, 5.74) is 0.505. The molecule has 88 valence electrons. The Labute approximate surface area is 112 Å². The number of thiophene rings is 1. The molecule has 1 aromatic rings. The molecule has 0 aliphatic heterocycles. The van der Waals surface area contributed by atoms with Gasteiger partial charge < -0.3 is 10.4 Å². The number of halogens is 1. The van der Waals surface area contributed by atoms with Gasteiger partial charge in [0.2, 0.25) is 0 Å². The van der Waals surface area contributed by atoms with Crippen LogP contribution >= 0.6 is 33.9 Å². The number of hydrogen-bond donors (Lipinski definition) is 2. The van der Waals surface area contributed by atoms with Crippen LogP contribution in [-0.4, -0.2) is 23.2 Å². The molecular formula is C11H14INO2S. The van der Waals surface area contributed by atoms with E-state index in [1.165, 1.54) is 0 Å². The van der Waals surface area contributed by atoms with Crippen LogP contribution < -0.4 is 5.32 Å². The number of amides is 1. The third-order valence-electron chi connectivity index (χ3n) is 3.35. The summed E-state index contributed by atoms with van der Waals surface area (Å²) in [5, 5.41) is 14.4. The first-order valence-electron chi connectivity index (χ1n) is 5.14. The Hall–Kier alpha value is -0.140. The first kappa shape index (κ1) is 12.3. The number of aliphatic hydroxyl groups is 1. The minimum atomic E-state index is -0.305. The van der Waals surface area contributed by atoms with E-state index in [-0.39, 0.29) is 23.5 Å². The Morgan fingerprint density at radius 1 is 1.69 bits per heavy atom. The fourth-order valence-corrected chi connectivity index (χ4v) is 3.14. The molecule has 3 nitrogen and oxygen atoms in total. The zero-order valence-electron chi connectivity index (χ0n) is 9.16. The van der Waals surface area contributed by atoms with Gasteiger partial charge >= 0.3 is 0 Å². The van der Waals surface area contributed by atoms with Crippen LogP contribution in [0.15, 0.2) is 11.4 Å². The SMILES string of the molecule is CC1(C)C(O)CC1NC(=O)c1csc(I)c1. The number of nitrogens with one attached hydrogen (secondary N) is 1. The lowest BCUT2D eigenvalue weighted by molar-refractivity contribution is -0.0689. The summed E-state index contributed by atoms with van der Waals surface area (Å²) >= 11 is 3.76. The standard InChI is InChI=1S/C11H14INO2S/c1-11(2)7(4-8(11)14)13-10(15)6-3-9(12)16-5-6/h3,5,7-8,14H,4H2,1-2H3,(H,13,15). The molecule has 2 atom stereocenters. The van der Waals surface area contributed by atoms with Gasteiger partial charge in [0.15, 0.2) is 0 Å². The van der Waals surface area contributed by atoms with Crippen LogP contribution in [0.5, 0.6) is 0 Å². The maximum atomic E-state index is 11.9. The molecule has 0 radical (unpaired) electrons. The van der Waals surface area contributed by atoms with Crippen molar-refractivity contribution in [2.45, 2.75) is 32.4 Å². The molecular weight excluding hydrogens is 337 g/mol. The van der Waals surface area contributed by atoms with Crippen LogP contribution in [0.25, 0.3) is 0 Å². The average Bonchev–Trinajstić information content (AvgIpc) is 2.64. The van der Waals surface area contributed by atoms with Gasteiger partial charge in [-0.25, -0.2) is 0 Å². The molecule has 2 rings (SSSR count). The van der Waals surface area contributed by atoms with Crippen molar-refractivity contribution < 1.29 is 9.90 Å². The van der Waals surface area contributed by atoms with Gasteiger partial charge in [0.25, 0.3) is 5.91 Å². The van der Waals surface area contributed by atoms with Gasteiger partial charge in [-0.1, -0.05) is 13.8 Å². The second-order valence-corrected chi connectivity index (χ2v) is 7.54. The lowest BCUT2D eigenvalue weighted by Crippen LogP contribution is -2.61. The van der Waals surface area contributed by atoms with Crippen molar-refractivity contribution in [3.8, 4) is 0 Å². The minimum absolute atomic E-state index is 0.0378. The summed E-state index contributed by atoms with van der Waals surface area (Å²) in [6, 6.07) is 1.95. The molecule has 1 heterocycles. The highest BCUT2D eigenvalue weighted by Gasteiger charge is 2.47. The van der Waals surface area contributed by atoms with E-state index in [1.807, 2.05) is 25.3 Å². The summed E-state index contributed by atoms with van der Waals surface area (Å²) < 4.78 is 1.11. The van der Waals surface area contributed by atoms with Crippen LogP contribution in [0, 0.1) is 8.30 Å². The Morgan fingerprint density at radius 2 is 2.38 bits per heavy atom. The van der Waals surface area contributed by atoms with Gasteiger partial charge in [0.1, 0.15) is 0 Å². The van der Waals surface area contributed by atoms with Gasteiger partial charge in [0, 0.05) is 16.8 Å². The topological polar surface area (TPSA) is 49.3 Å². The molecule has 1 aliphatic rings. The van der Waals surface area contributed by atoms with Crippen molar-refractivity contribution in [2.75, 3.05) is 0 Å². The van der Waals surface area contributed by atoms with E-state index < -0.39 is 0 Å². The Morgan fingerprint density at radius 3 is 2.81 bits per heavy atom. The zero-order valence-corrected chi connectivity index (χ0v) is 12.1. The molecule has 5 heteroatoms. The Bertz CT molecular complexity index is 416. The molecule has 1 aliphatic carbocycles. The van der Waals surface area contributed by atoms with Crippen LogP contribution in [0.4, 0.5) is 0 Å². The van der Waals surface area contributed by atoms with E-state index in [4.69, 9.17) is 0 Å². The normalized spacial score (nSPS) is 27.2. The van der Waals surface area contributed by atoms with E-state index in [0.717, 1.165) is 2.88 Å². The van der Waals surface area contributed by atoms with E-state index in [0.29, 0.717) is 12.0 Å². The molecule has 0 spiro atoms. The first-order chi connectivity index (χ1) is 7.41. The Balaban J connectivity index is 1.99. The average molecular weight is 351 g/mol. The van der Waals surface area contributed by atoms with Crippen molar-refractivity contribution in [3.05, 3.63) is 19.9 Å². The van der Waals surface area contributed by atoms with Crippen LogP contribution in [0.2, 0.25) is 0 Å². The fourth-order valence-electron chi connectivity index (χ4n) is 1.82. The summed E-state index contributed by atoms with van der Waals surface area (Å²) in [7, 11) is 0. The van der Waals surface area contributed by atoms with Crippen molar-refractivity contribution >= 4 is 39.8 Å². The highest BCUT2D eigenvalue weighted by atomic mass is 127. The van der Waals surface area contributed by atoms with Crippen molar-refractivity contribution in [2.24, 2.45) is 5.41 Å². The number of carbonyl (C=O) groups excluding carboxylic acids is 1. The number of rotatable bonds is 2. The monoisotopic (exact) mass is 351 g/mol. The van der Waals surface area contributed by atoms with Crippen LogP contribution in [0.1, 0.15) is 30.6 Å². The van der Waals surface area contributed by atoms with E-state index in [2.05, 4.69) is 27.9 Å². The van der Waals surface area contributed by atoms with Gasteiger partial charge in [-0.15, -0.1) is 11.3 Å². The van der Waals surface area contributed by atoms with Crippen molar-refractivity contribution in [3.63, 3.8) is 0 Å². The smallest absolute Gasteiger partial charge is 0.252 e. The molecule has 1 amide bonds. The van der Waals surface area contributed by atoms with Crippen LogP contribution in [-0.2, 0) is 0 Å². The molecule has 0 aromatic carbocycles. The third-order valence-corrected chi connectivity index (χ3v) is 5.14. The van der Waals surface area contributed by atoms with E-state index in [9.17, 15) is 9.90 Å². The lowest BCUT2D eigenvalue weighted by atomic mass is 9.64. The molecule has 1 aromatic heterocycles. The van der Waals surface area contributed by atoms with Gasteiger partial charge in [-0.05, 0) is 35.1 Å².